The van der Waals surface area contributed by atoms with Crippen molar-refractivity contribution < 1.29 is 23.0 Å². The molecule has 1 saturated heterocycles. The minimum absolute atomic E-state index is 0.153. The standard InChI is InChI=1S/C19H18F2N2O3/c1-19(9-25-10-19)15-6-12-13(7-22-18(12)24)17(23-15)11-4-2-3-5-14(11)26-8-16(20)21/h2-6,16H,7-10H2,1H3,(H,22,24). The van der Waals surface area contributed by atoms with Crippen molar-refractivity contribution in [3.63, 3.8) is 0 Å². The topological polar surface area (TPSA) is 60.5 Å². The Bertz CT molecular complexity index is 866. The van der Waals surface area contributed by atoms with Gasteiger partial charge < -0.3 is 14.8 Å². The van der Waals surface area contributed by atoms with Crippen molar-refractivity contribution in [3.05, 3.63) is 47.2 Å². The highest BCUT2D eigenvalue weighted by atomic mass is 19.3. The van der Waals surface area contributed by atoms with Gasteiger partial charge in [0, 0.05) is 23.2 Å². The monoisotopic (exact) mass is 360 g/mol. The molecule has 2 aromatic rings. The van der Waals surface area contributed by atoms with E-state index in [9.17, 15) is 13.6 Å². The minimum atomic E-state index is -2.57. The maximum Gasteiger partial charge on any atom is 0.272 e. The molecule has 0 bridgehead atoms. The molecule has 1 aromatic carbocycles. The van der Waals surface area contributed by atoms with Crippen LogP contribution < -0.4 is 10.1 Å². The van der Waals surface area contributed by atoms with E-state index in [1.807, 2.05) is 13.0 Å². The zero-order valence-corrected chi connectivity index (χ0v) is 14.2. The summed E-state index contributed by atoms with van der Waals surface area (Å²) in [5.74, 6) is 0.175. The highest BCUT2D eigenvalue weighted by Gasteiger charge is 2.39. The molecule has 0 spiro atoms. The lowest BCUT2D eigenvalue weighted by Crippen LogP contribution is -2.44. The van der Waals surface area contributed by atoms with Gasteiger partial charge in [-0.3, -0.25) is 9.78 Å². The average molecular weight is 360 g/mol. The number of alkyl halides is 2. The Labute approximate surface area is 149 Å². The third-order valence-electron chi connectivity index (χ3n) is 4.76. The van der Waals surface area contributed by atoms with Crippen molar-refractivity contribution in [1.29, 1.82) is 0 Å². The zero-order valence-electron chi connectivity index (χ0n) is 14.2. The highest BCUT2D eigenvalue weighted by molar-refractivity contribution is 6.00. The first kappa shape index (κ1) is 16.9. The molecule has 2 aliphatic rings. The van der Waals surface area contributed by atoms with Gasteiger partial charge in [0.15, 0.2) is 0 Å². The molecule has 5 nitrogen and oxygen atoms in total. The van der Waals surface area contributed by atoms with Gasteiger partial charge in [0.05, 0.1) is 30.0 Å². The second-order valence-corrected chi connectivity index (χ2v) is 6.82. The fourth-order valence-corrected chi connectivity index (χ4v) is 3.25. The van der Waals surface area contributed by atoms with Crippen LogP contribution in [0.3, 0.4) is 0 Å². The molecule has 1 amide bonds. The van der Waals surface area contributed by atoms with Crippen LogP contribution in [-0.4, -0.2) is 37.1 Å². The minimum Gasteiger partial charge on any atom is -0.487 e. The maximum absolute atomic E-state index is 12.6. The molecule has 1 aromatic heterocycles. The number of nitrogens with zero attached hydrogens (tertiary/aromatic N) is 1. The fraction of sp³-hybridized carbons (Fsp3) is 0.368. The summed E-state index contributed by atoms with van der Waals surface area (Å²) in [4.78, 5) is 17.0. The summed E-state index contributed by atoms with van der Waals surface area (Å²) in [6.07, 6.45) is -2.57. The maximum atomic E-state index is 12.6. The highest BCUT2D eigenvalue weighted by Crippen LogP contribution is 2.38. The van der Waals surface area contributed by atoms with Crippen molar-refractivity contribution in [2.45, 2.75) is 25.3 Å². The van der Waals surface area contributed by atoms with E-state index in [1.54, 1.807) is 24.3 Å². The van der Waals surface area contributed by atoms with Crippen molar-refractivity contribution >= 4 is 5.91 Å². The van der Waals surface area contributed by atoms with Crippen LogP contribution >= 0.6 is 0 Å². The number of rotatable bonds is 5. The van der Waals surface area contributed by atoms with E-state index in [1.165, 1.54) is 0 Å². The third kappa shape index (κ3) is 2.82. The number of amides is 1. The lowest BCUT2D eigenvalue weighted by atomic mass is 9.83. The Morgan fingerprint density at radius 3 is 2.77 bits per heavy atom. The molecule has 2 aliphatic heterocycles. The number of carbonyl (C=O) groups is 1. The van der Waals surface area contributed by atoms with Gasteiger partial charge in [-0.1, -0.05) is 12.1 Å². The van der Waals surface area contributed by atoms with Gasteiger partial charge in [0.1, 0.15) is 12.4 Å². The number of nitrogens with one attached hydrogen (secondary N) is 1. The average Bonchev–Trinajstić information content (AvgIpc) is 2.98. The Kier molecular flexibility index (Phi) is 4.11. The molecule has 26 heavy (non-hydrogen) atoms. The van der Waals surface area contributed by atoms with Crippen LogP contribution in [0.25, 0.3) is 11.3 Å². The number of hydrogen-bond donors (Lipinski definition) is 1. The number of carbonyl (C=O) groups excluding carboxylic acids is 1. The third-order valence-corrected chi connectivity index (χ3v) is 4.76. The van der Waals surface area contributed by atoms with Gasteiger partial charge in [-0.25, -0.2) is 8.78 Å². The van der Waals surface area contributed by atoms with E-state index in [-0.39, 0.29) is 11.3 Å². The Morgan fingerprint density at radius 1 is 1.31 bits per heavy atom. The van der Waals surface area contributed by atoms with Crippen LogP contribution in [0, 0.1) is 0 Å². The Hall–Kier alpha value is -2.54. The SMILES string of the molecule is CC1(c2cc3c(c(-c4ccccc4OCC(F)F)n2)CNC3=O)COC1. The number of fused-ring (bicyclic) bond motifs is 1. The molecular weight excluding hydrogens is 342 g/mol. The molecular formula is C19H18F2N2O3. The van der Waals surface area contributed by atoms with Crippen molar-refractivity contribution in [3.8, 4) is 17.0 Å². The molecule has 1 N–H and O–H groups in total. The normalized spacial score (nSPS) is 17.6. The largest absolute Gasteiger partial charge is 0.487 e. The van der Waals surface area contributed by atoms with E-state index in [0.29, 0.717) is 42.3 Å². The number of para-hydroxylation sites is 1. The van der Waals surface area contributed by atoms with E-state index in [2.05, 4.69) is 5.32 Å². The summed E-state index contributed by atoms with van der Waals surface area (Å²) in [5.41, 5.74) is 3.03. The smallest absolute Gasteiger partial charge is 0.272 e. The predicted molar refractivity (Wildman–Crippen MR) is 90.5 cm³/mol. The first-order valence-corrected chi connectivity index (χ1v) is 8.39. The lowest BCUT2D eigenvalue weighted by Gasteiger charge is -2.38. The van der Waals surface area contributed by atoms with Gasteiger partial charge in [-0.05, 0) is 25.1 Å². The summed E-state index contributed by atoms with van der Waals surface area (Å²) in [6, 6.07) is 8.74. The molecule has 0 saturated carbocycles. The number of hydrogen-bond acceptors (Lipinski definition) is 4. The van der Waals surface area contributed by atoms with Crippen LogP contribution in [0.4, 0.5) is 8.78 Å². The number of ether oxygens (including phenoxy) is 2. The summed E-state index contributed by atoms with van der Waals surface area (Å²) < 4.78 is 35.8. The summed E-state index contributed by atoms with van der Waals surface area (Å²) in [6.45, 7) is 2.75. The van der Waals surface area contributed by atoms with Crippen molar-refractivity contribution in [2.75, 3.05) is 19.8 Å². The second-order valence-electron chi connectivity index (χ2n) is 6.82. The molecule has 136 valence electrons. The molecule has 0 radical (unpaired) electrons. The predicted octanol–water partition coefficient (Wildman–Crippen LogP) is 2.92. The van der Waals surface area contributed by atoms with Gasteiger partial charge >= 0.3 is 0 Å². The van der Waals surface area contributed by atoms with Crippen LogP contribution in [0.2, 0.25) is 0 Å². The van der Waals surface area contributed by atoms with E-state index in [4.69, 9.17) is 14.5 Å². The van der Waals surface area contributed by atoms with Crippen LogP contribution in [0.1, 0.15) is 28.5 Å². The van der Waals surface area contributed by atoms with Gasteiger partial charge in [-0.2, -0.15) is 0 Å². The molecule has 0 unspecified atom stereocenters. The quantitative estimate of drug-likeness (QED) is 0.891. The summed E-state index contributed by atoms with van der Waals surface area (Å²) >= 11 is 0. The molecule has 7 heteroatoms. The Balaban J connectivity index is 1.84. The van der Waals surface area contributed by atoms with Crippen molar-refractivity contribution in [1.82, 2.24) is 10.3 Å². The Morgan fingerprint density at radius 2 is 2.08 bits per heavy atom. The van der Waals surface area contributed by atoms with E-state index < -0.39 is 13.0 Å². The van der Waals surface area contributed by atoms with Crippen LogP contribution in [0.5, 0.6) is 5.75 Å². The van der Waals surface area contributed by atoms with Gasteiger partial charge in [0.2, 0.25) is 0 Å². The van der Waals surface area contributed by atoms with Crippen molar-refractivity contribution in [2.24, 2.45) is 0 Å². The number of pyridine rings is 1. The summed E-state index contributed by atoms with van der Waals surface area (Å²) in [7, 11) is 0. The molecule has 0 aliphatic carbocycles. The molecule has 1 fully saturated rings. The molecule has 4 rings (SSSR count). The second kappa shape index (κ2) is 6.32. The number of aromatic nitrogens is 1. The van der Waals surface area contributed by atoms with Gasteiger partial charge in [0.25, 0.3) is 12.3 Å². The van der Waals surface area contributed by atoms with Crippen LogP contribution in [-0.2, 0) is 16.7 Å². The number of benzene rings is 1. The molecule has 0 atom stereocenters. The fourth-order valence-electron chi connectivity index (χ4n) is 3.25. The summed E-state index contributed by atoms with van der Waals surface area (Å²) in [5, 5.41) is 2.81. The number of halogens is 2. The lowest BCUT2D eigenvalue weighted by molar-refractivity contribution is -0.0520. The zero-order chi connectivity index (χ0) is 18.3. The van der Waals surface area contributed by atoms with Crippen LogP contribution in [0.15, 0.2) is 30.3 Å². The van der Waals surface area contributed by atoms with E-state index in [0.717, 1.165) is 11.3 Å². The van der Waals surface area contributed by atoms with E-state index >= 15 is 0 Å². The molecule has 3 heterocycles. The van der Waals surface area contributed by atoms with Gasteiger partial charge in [-0.15, -0.1) is 0 Å². The first-order chi connectivity index (χ1) is 12.5. The first-order valence-electron chi connectivity index (χ1n) is 8.39.